The van der Waals surface area contributed by atoms with Crippen LogP contribution in [0.3, 0.4) is 0 Å². The van der Waals surface area contributed by atoms with Crippen molar-refractivity contribution in [1.29, 1.82) is 0 Å². The summed E-state index contributed by atoms with van der Waals surface area (Å²) < 4.78 is 15.1. The van der Waals surface area contributed by atoms with Gasteiger partial charge in [0.05, 0.1) is 0 Å². The number of rotatable bonds is 7. The van der Waals surface area contributed by atoms with Gasteiger partial charge in [0.1, 0.15) is 12.2 Å². The Morgan fingerprint density at radius 2 is 1.88 bits per heavy atom. The maximum atomic E-state index is 11.4. The highest BCUT2D eigenvalue weighted by Crippen LogP contribution is 2.21. The standard InChI is InChI=1S/C11H18O5/c1-6-11(3,10(14-4)15-5)16-9(13)7-8(2)12/h6,10H,1,7H2,2-5H3. The predicted molar refractivity (Wildman–Crippen MR) is 57.8 cm³/mol. The van der Waals surface area contributed by atoms with Crippen molar-refractivity contribution in [3.63, 3.8) is 0 Å². The fourth-order valence-electron chi connectivity index (χ4n) is 1.23. The van der Waals surface area contributed by atoms with Crippen molar-refractivity contribution in [1.82, 2.24) is 0 Å². The SMILES string of the molecule is C=CC(C)(OC(=O)CC(C)=O)C(OC)OC. The Hall–Kier alpha value is -1.20. The summed E-state index contributed by atoms with van der Waals surface area (Å²) >= 11 is 0. The summed E-state index contributed by atoms with van der Waals surface area (Å²) in [5, 5.41) is 0. The molecule has 0 aromatic heterocycles. The quantitative estimate of drug-likeness (QED) is 0.283. The van der Waals surface area contributed by atoms with E-state index in [0.29, 0.717) is 0 Å². The molecule has 0 saturated heterocycles. The third kappa shape index (κ3) is 4.12. The Bertz CT molecular complexity index is 270. The number of hydrogen-bond acceptors (Lipinski definition) is 5. The topological polar surface area (TPSA) is 61.8 Å². The van der Waals surface area contributed by atoms with Crippen molar-refractivity contribution in [3.8, 4) is 0 Å². The van der Waals surface area contributed by atoms with Crippen LogP contribution in [0.2, 0.25) is 0 Å². The third-order valence-electron chi connectivity index (χ3n) is 2.03. The molecule has 0 aromatic carbocycles. The zero-order chi connectivity index (χ0) is 12.8. The molecule has 5 heteroatoms. The summed E-state index contributed by atoms with van der Waals surface area (Å²) in [7, 11) is 2.85. The molecule has 0 rings (SSSR count). The zero-order valence-electron chi connectivity index (χ0n) is 10.1. The van der Waals surface area contributed by atoms with Gasteiger partial charge < -0.3 is 14.2 Å². The van der Waals surface area contributed by atoms with E-state index in [-0.39, 0.29) is 12.2 Å². The number of hydrogen-bond donors (Lipinski definition) is 0. The second-order valence-corrected chi connectivity index (χ2v) is 3.54. The molecule has 0 aliphatic heterocycles. The van der Waals surface area contributed by atoms with Gasteiger partial charge in [-0.15, -0.1) is 0 Å². The van der Waals surface area contributed by atoms with Crippen LogP contribution in [0.15, 0.2) is 12.7 Å². The van der Waals surface area contributed by atoms with E-state index in [9.17, 15) is 9.59 Å². The monoisotopic (exact) mass is 230 g/mol. The highest BCUT2D eigenvalue weighted by Gasteiger charge is 2.36. The van der Waals surface area contributed by atoms with Crippen molar-refractivity contribution in [2.45, 2.75) is 32.2 Å². The molecule has 0 saturated carbocycles. The van der Waals surface area contributed by atoms with Crippen LogP contribution < -0.4 is 0 Å². The Morgan fingerprint density at radius 3 is 2.19 bits per heavy atom. The molecule has 0 N–H and O–H groups in total. The maximum absolute atomic E-state index is 11.4. The number of carbonyl (C=O) groups excluding carboxylic acids is 2. The summed E-state index contributed by atoms with van der Waals surface area (Å²) in [4.78, 5) is 22.1. The van der Waals surface area contributed by atoms with Crippen LogP contribution in [0.4, 0.5) is 0 Å². The van der Waals surface area contributed by atoms with Gasteiger partial charge in [0, 0.05) is 14.2 Å². The summed E-state index contributed by atoms with van der Waals surface area (Å²) in [5.41, 5.74) is -1.12. The largest absolute Gasteiger partial charge is 0.449 e. The smallest absolute Gasteiger partial charge is 0.314 e. The molecule has 0 fully saturated rings. The van der Waals surface area contributed by atoms with Crippen LogP contribution in [0, 0.1) is 0 Å². The van der Waals surface area contributed by atoms with Crippen LogP contribution in [0.5, 0.6) is 0 Å². The van der Waals surface area contributed by atoms with Gasteiger partial charge in [-0.2, -0.15) is 0 Å². The minimum absolute atomic E-state index is 0.261. The highest BCUT2D eigenvalue weighted by molar-refractivity contribution is 5.94. The van der Waals surface area contributed by atoms with Gasteiger partial charge >= 0.3 is 5.97 Å². The highest BCUT2D eigenvalue weighted by atomic mass is 16.7. The van der Waals surface area contributed by atoms with Gasteiger partial charge in [-0.1, -0.05) is 6.58 Å². The van der Waals surface area contributed by atoms with Gasteiger partial charge in [-0.3, -0.25) is 9.59 Å². The minimum Gasteiger partial charge on any atom is -0.449 e. The first-order valence-electron chi connectivity index (χ1n) is 4.80. The first-order chi connectivity index (χ1) is 7.39. The molecule has 16 heavy (non-hydrogen) atoms. The van der Waals surface area contributed by atoms with Crippen molar-refractivity contribution < 1.29 is 23.8 Å². The summed E-state index contributed by atoms with van der Waals surface area (Å²) in [6.45, 7) is 6.47. The van der Waals surface area contributed by atoms with Gasteiger partial charge in [-0.25, -0.2) is 0 Å². The average molecular weight is 230 g/mol. The second-order valence-electron chi connectivity index (χ2n) is 3.54. The van der Waals surface area contributed by atoms with E-state index in [1.807, 2.05) is 0 Å². The molecule has 0 heterocycles. The molecule has 5 nitrogen and oxygen atoms in total. The van der Waals surface area contributed by atoms with Crippen LogP contribution in [-0.4, -0.2) is 37.9 Å². The number of ketones is 1. The molecule has 1 unspecified atom stereocenters. The first-order valence-corrected chi connectivity index (χ1v) is 4.80. The number of esters is 1. The first kappa shape index (κ1) is 14.8. The third-order valence-corrected chi connectivity index (χ3v) is 2.03. The lowest BCUT2D eigenvalue weighted by Gasteiger charge is -2.32. The molecule has 0 spiro atoms. The molecular weight excluding hydrogens is 212 g/mol. The van der Waals surface area contributed by atoms with Gasteiger partial charge in [0.15, 0.2) is 5.60 Å². The minimum atomic E-state index is -1.12. The van der Waals surface area contributed by atoms with Gasteiger partial charge in [-0.05, 0) is 19.9 Å². The second kappa shape index (κ2) is 6.40. The number of carbonyl (C=O) groups is 2. The van der Waals surface area contributed by atoms with Crippen LogP contribution >= 0.6 is 0 Å². The molecule has 0 aliphatic carbocycles. The average Bonchev–Trinajstić information content (AvgIpc) is 2.17. The van der Waals surface area contributed by atoms with E-state index in [1.165, 1.54) is 27.2 Å². The van der Waals surface area contributed by atoms with E-state index in [4.69, 9.17) is 14.2 Å². The zero-order valence-corrected chi connectivity index (χ0v) is 10.1. The lowest BCUT2D eigenvalue weighted by atomic mass is 10.1. The molecule has 0 bridgehead atoms. The Kier molecular flexibility index (Phi) is 5.92. The predicted octanol–water partition coefficient (Wildman–Crippen LogP) is 1.07. The molecule has 0 aliphatic rings. The molecule has 0 aromatic rings. The van der Waals surface area contributed by atoms with Crippen molar-refractivity contribution in [3.05, 3.63) is 12.7 Å². The molecule has 92 valence electrons. The van der Waals surface area contributed by atoms with Crippen LogP contribution in [0.25, 0.3) is 0 Å². The summed E-state index contributed by atoms with van der Waals surface area (Å²) in [6, 6.07) is 0. The van der Waals surface area contributed by atoms with Crippen molar-refractivity contribution in [2.24, 2.45) is 0 Å². The number of methoxy groups -OCH3 is 2. The Balaban J connectivity index is 4.64. The molecule has 0 radical (unpaired) electrons. The summed E-state index contributed by atoms with van der Waals surface area (Å²) in [6.07, 6.45) is 0.368. The normalized spacial score (nSPS) is 14.3. The van der Waals surface area contributed by atoms with E-state index < -0.39 is 17.9 Å². The van der Waals surface area contributed by atoms with Gasteiger partial charge in [0.25, 0.3) is 0 Å². The lowest BCUT2D eigenvalue weighted by molar-refractivity contribution is -0.211. The number of ether oxygens (including phenoxy) is 3. The fraction of sp³-hybridized carbons (Fsp3) is 0.636. The summed E-state index contributed by atoms with van der Waals surface area (Å²) in [5.74, 6) is -0.892. The Labute approximate surface area is 95.4 Å². The Morgan fingerprint density at radius 1 is 1.38 bits per heavy atom. The molecular formula is C11H18O5. The fourth-order valence-corrected chi connectivity index (χ4v) is 1.23. The van der Waals surface area contributed by atoms with E-state index in [2.05, 4.69) is 6.58 Å². The molecule has 0 amide bonds. The van der Waals surface area contributed by atoms with E-state index in [1.54, 1.807) is 6.92 Å². The van der Waals surface area contributed by atoms with Crippen LogP contribution in [0.1, 0.15) is 20.3 Å². The molecule has 1 atom stereocenters. The maximum Gasteiger partial charge on any atom is 0.314 e. The van der Waals surface area contributed by atoms with E-state index >= 15 is 0 Å². The van der Waals surface area contributed by atoms with Crippen molar-refractivity contribution >= 4 is 11.8 Å². The van der Waals surface area contributed by atoms with Crippen molar-refractivity contribution in [2.75, 3.05) is 14.2 Å². The van der Waals surface area contributed by atoms with Gasteiger partial charge in [0.2, 0.25) is 6.29 Å². The van der Waals surface area contributed by atoms with E-state index in [0.717, 1.165) is 0 Å². The lowest BCUT2D eigenvalue weighted by Crippen LogP contribution is -2.44. The van der Waals surface area contributed by atoms with Crippen LogP contribution in [-0.2, 0) is 23.8 Å². The number of Topliss-reactive ketones (excluding diaryl/α,β-unsaturated/α-hetero) is 1.